The van der Waals surface area contributed by atoms with Crippen LogP contribution in [0.25, 0.3) is 0 Å². The van der Waals surface area contributed by atoms with Crippen LogP contribution in [0.2, 0.25) is 0 Å². The number of alkyl carbamates (subject to hydrolysis) is 1. The first-order chi connectivity index (χ1) is 13.2. The van der Waals surface area contributed by atoms with Crippen molar-refractivity contribution in [2.75, 3.05) is 25.5 Å². The van der Waals surface area contributed by atoms with Gasteiger partial charge in [-0.05, 0) is 24.9 Å². The Kier molecular flexibility index (Phi) is 14.9. The number of unbranched alkanes of at least 4 members (excludes halogenated alkanes) is 8. The van der Waals surface area contributed by atoms with Gasteiger partial charge in [0.1, 0.15) is 12.7 Å². The predicted molar refractivity (Wildman–Crippen MR) is 107 cm³/mol. The number of ether oxygens (including phenoxy) is 3. The number of carbonyl (C=O) groups excluding carboxylic acids is 1. The van der Waals surface area contributed by atoms with Gasteiger partial charge >= 0.3 is 6.09 Å². The van der Waals surface area contributed by atoms with E-state index < -0.39 is 12.2 Å². The molecule has 160 valence electrons. The maximum atomic E-state index is 11.5. The number of nitrogens with one attached hydrogen (secondary N) is 1. The van der Waals surface area contributed by atoms with Gasteiger partial charge in [-0.1, -0.05) is 58.3 Å². The molecule has 1 aliphatic heterocycles. The van der Waals surface area contributed by atoms with Gasteiger partial charge in [-0.2, -0.15) is 0 Å². The molecule has 1 aliphatic rings. The fourth-order valence-electron chi connectivity index (χ4n) is 2.93. The Bertz CT molecular complexity index is 374. The maximum absolute atomic E-state index is 11.5. The van der Waals surface area contributed by atoms with Crippen LogP contribution in [0, 0.1) is 0 Å². The molecular weight excluding hydrogens is 370 g/mol. The highest BCUT2D eigenvalue weighted by molar-refractivity contribution is 7.93. The minimum absolute atomic E-state index is 0.0373. The van der Waals surface area contributed by atoms with Gasteiger partial charge in [0, 0.05) is 12.3 Å². The summed E-state index contributed by atoms with van der Waals surface area (Å²) in [5.41, 5.74) is 0. The highest BCUT2D eigenvalue weighted by Crippen LogP contribution is 2.18. The first kappa shape index (κ1) is 24.5. The Morgan fingerprint density at radius 2 is 1.85 bits per heavy atom. The van der Waals surface area contributed by atoms with E-state index in [2.05, 4.69) is 12.2 Å². The van der Waals surface area contributed by atoms with Gasteiger partial charge in [0.15, 0.2) is 6.29 Å². The molecule has 27 heavy (non-hydrogen) atoms. The largest absolute Gasteiger partial charge is 0.447 e. The van der Waals surface area contributed by atoms with Crippen molar-refractivity contribution in [1.29, 1.82) is 0 Å². The molecule has 8 heteroatoms. The lowest BCUT2D eigenvalue weighted by Gasteiger charge is -2.13. The van der Waals surface area contributed by atoms with Crippen molar-refractivity contribution in [2.45, 2.75) is 89.6 Å². The SMILES string of the molecule is CCCCCCCCCCCC1OCC(COC(=O)NCC(O)CSO)O1. The van der Waals surface area contributed by atoms with E-state index in [1.807, 2.05) is 0 Å². The summed E-state index contributed by atoms with van der Waals surface area (Å²) in [6.07, 6.45) is 10.6. The molecule has 0 bridgehead atoms. The Morgan fingerprint density at radius 1 is 1.19 bits per heavy atom. The molecule has 0 radical (unpaired) electrons. The summed E-state index contributed by atoms with van der Waals surface area (Å²) in [6, 6.07) is 0. The summed E-state index contributed by atoms with van der Waals surface area (Å²) in [4.78, 5) is 11.5. The lowest BCUT2D eigenvalue weighted by Crippen LogP contribution is -2.35. The Balaban J connectivity index is 1.94. The second-order valence-corrected chi connectivity index (χ2v) is 7.66. The Labute approximate surface area is 167 Å². The van der Waals surface area contributed by atoms with Crippen molar-refractivity contribution in [3.63, 3.8) is 0 Å². The van der Waals surface area contributed by atoms with Gasteiger partial charge < -0.3 is 29.2 Å². The van der Waals surface area contributed by atoms with E-state index in [-0.39, 0.29) is 31.3 Å². The minimum atomic E-state index is -0.806. The summed E-state index contributed by atoms with van der Waals surface area (Å²) >= 11 is 0.531. The summed E-state index contributed by atoms with van der Waals surface area (Å²) in [6.45, 7) is 2.84. The van der Waals surface area contributed by atoms with Crippen LogP contribution in [0.3, 0.4) is 0 Å². The summed E-state index contributed by atoms with van der Waals surface area (Å²) in [7, 11) is 0. The molecule has 7 nitrogen and oxygen atoms in total. The van der Waals surface area contributed by atoms with Crippen molar-refractivity contribution in [1.82, 2.24) is 5.32 Å². The van der Waals surface area contributed by atoms with Crippen molar-refractivity contribution in [2.24, 2.45) is 0 Å². The van der Waals surface area contributed by atoms with Gasteiger partial charge in [0.05, 0.1) is 12.7 Å². The van der Waals surface area contributed by atoms with Crippen LogP contribution < -0.4 is 5.32 Å². The van der Waals surface area contributed by atoms with Crippen LogP contribution in [0.4, 0.5) is 4.79 Å². The number of aliphatic hydroxyl groups is 1. The zero-order chi connectivity index (χ0) is 19.7. The molecule has 0 aromatic carbocycles. The monoisotopic (exact) mass is 407 g/mol. The highest BCUT2D eigenvalue weighted by atomic mass is 32.2. The summed E-state index contributed by atoms with van der Waals surface area (Å²) in [5, 5.41) is 11.8. The lowest BCUT2D eigenvalue weighted by atomic mass is 10.1. The number of amides is 1. The predicted octanol–water partition coefficient (Wildman–Crippen LogP) is 3.94. The highest BCUT2D eigenvalue weighted by Gasteiger charge is 2.26. The third kappa shape index (κ3) is 13.3. The van der Waals surface area contributed by atoms with Gasteiger partial charge in [0.2, 0.25) is 0 Å². The minimum Gasteiger partial charge on any atom is -0.447 e. The maximum Gasteiger partial charge on any atom is 0.407 e. The van der Waals surface area contributed by atoms with Crippen LogP contribution in [-0.4, -0.2) is 59.8 Å². The van der Waals surface area contributed by atoms with Crippen molar-refractivity contribution in [3.05, 3.63) is 0 Å². The Hall–Kier alpha value is -0.540. The third-order valence-corrected chi connectivity index (χ3v) is 5.04. The number of hydrogen-bond acceptors (Lipinski definition) is 7. The zero-order valence-corrected chi connectivity index (χ0v) is 17.4. The molecule has 3 unspecified atom stereocenters. The summed E-state index contributed by atoms with van der Waals surface area (Å²) in [5.74, 6) is 0.139. The van der Waals surface area contributed by atoms with E-state index in [1.54, 1.807) is 0 Å². The molecule has 0 saturated carbocycles. The molecule has 3 N–H and O–H groups in total. The first-order valence-corrected chi connectivity index (χ1v) is 11.2. The number of aliphatic hydroxyl groups excluding tert-OH is 1. The second kappa shape index (κ2) is 16.4. The topological polar surface area (TPSA) is 97.3 Å². The first-order valence-electron chi connectivity index (χ1n) is 10.3. The lowest BCUT2D eigenvalue weighted by molar-refractivity contribution is -0.0710. The van der Waals surface area contributed by atoms with Gasteiger partial charge in [-0.3, -0.25) is 0 Å². The van der Waals surface area contributed by atoms with Crippen LogP contribution >= 0.6 is 12.0 Å². The van der Waals surface area contributed by atoms with E-state index in [4.69, 9.17) is 18.8 Å². The fraction of sp³-hybridized carbons (Fsp3) is 0.947. The number of hydrogen-bond donors (Lipinski definition) is 3. The van der Waals surface area contributed by atoms with E-state index in [9.17, 15) is 9.90 Å². The average Bonchev–Trinajstić information content (AvgIpc) is 3.11. The standard InChI is InChI=1S/C19H37NO6S/c1-2-3-4-5-6-7-8-9-10-11-18-24-13-17(26-18)14-25-19(22)20-12-16(21)15-27-23/h16-18,21,23H,2-15H2,1H3,(H,20,22). The smallest absolute Gasteiger partial charge is 0.407 e. The zero-order valence-electron chi connectivity index (χ0n) is 16.6. The van der Waals surface area contributed by atoms with Crippen molar-refractivity contribution >= 4 is 18.1 Å². The molecule has 1 heterocycles. The van der Waals surface area contributed by atoms with Crippen LogP contribution in [0.15, 0.2) is 0 Å². The number of carbonyl (C=O) groups is 1. The molecule has 1 fully saturated rings. The van der Waals surface area contributed by atoms with Crippen molar-refractivity contribution in [3.8, 4) is 0 Å². The van der Waals surface area contributed by atoms with Gasteiger partial charge in [-0.15, -0.1) is 0 Å². The normalized spacial score (nSPS) is 20.6. The molecular formula is C19H37NO6S. The second-order valence-electron chi connectivity index (χ2n) is 7.07. The summed E-state index contributed by atoms with van der Waals surface area (Å²) < 4.78 is 25.0. The van der Waals surface area contributed by atoms with E-state index in [1.165, 1.54) is 51.4 Å². The molecule has 1 amide bonds. The van der Waals surface area contributed by atoms with Crippen molar-refractivity contribution < 1.29 is 28.7 Å². The van der Waals surface area contributed by atoms with Crippen LogP contribution in [0.1, 0.15) is 71.1 Å². The molecule has 0 aromatic heterocycles. The molecule has 0 aliphatic carbocycles. The Morgan fingerprint density at radius 3 is 2.52 bits per heavy atom. The molecule has 3 atom stereocenters. The quantitative estimate of drug-likeness (QED) is 0.263. The van der Waals surface area contributed by atoms with Crippen LogP contribution in [-0.2, 0) is 14.2 Å². The van der Waals surface area contributed by atoms with E-state index in [0.29, 0.717) is 18.6 Å². The molecule has 0 spiro atoms. The van der Waals surface area contributed by atoms with E-state index in [0.717, 1.165) is 12.8 Å². The third-order valence-electron chi connectivity index (χ3n) is 4.50. The molecule has 1 saturated heterocycles. The fourth-order valence-corrected chi connectivity index (χ4v) is 3.22. The average molecular weight is 408 g/mol. The van der Waals surface area contributed by atoms with Gasteiger partial charge in [0.25, 0.3) is 0 Å². The van der Waals surface area contributed by atoms with Crippen LogP contribution in [0.5, 0.6) is 0 Å². The number of rotatable bonds is 16. The van der Waals surface area contributed by atoms with E-state index >= 15 is 0 Å². The molecule has 0 aromatic rings. The van der Waals surface area contributed by atoms with Gasteiger partial charge in [-0.25, -0.2) is 4.79 Å². The molecule has 1 rings (SSSR count).